The third kappa shape index (κ3) is 2.87. The van der Waals surface area contributed by atoms with Gasteiger partial charge >= 0.3 is 0 Å². The highest BCUT2D eigenvalue weighted by molar-refractivity contribution is 5.77. The van der Waals surface area contributed by atoms with Crippen molar-refractivity contribution >= 4 is 5.91 Å². The molecule has 2 saturated heterocycles. The molecule has 4 rings (SSSR count). The number of carbonyl (C=O) groups is 1. The molecule has 4 heteroatoms. The lowest BCUT2D eigenvalue weighted by Crippen LogP contribution is -2.55. The SMILES string of the molecule is O=C1CCN2[C@H](c3ccccc3)CN(Cc3ccccc3)CN12. The fraction of sp³-hybridized carbons (Fsp3) is 0.316. The predicted molar refractivity (Wildman–Crippen MR) is 89.1 cm³/mol. The van der Waals surface area contributed by atoms with E-state index in [2.05, 4.69) is 58.4 Å². The van der Waals surface area contributed by atoms with Crippen LogP contribution in [0.4, 0.5) is 0 Å². The van der Waals surface area contributed by atoms with E-state index in [0.29, 0.717) is 13.1 Å². The van der Waals surface area contributed by atoms with E-state index in [1.54, 1.807) is 0 Å². The number of hydrazine groups is 1. The summed E-state index contributed by atoms with van der Waals surface area (Å²) in [7, 11) is 0. The van der Waals surface area contributed by atoms with Gasteiger partial charge in [-0.05, 0) is 11.1 Å². The Hall–Kier alpha value is -2.17. The second-order valence-corrected chi connectivity index (χ2v) is 6.27. The van der Waals surface area contributed by atoms with Crippen LogP contribution >= 0.6 is 0 Å². The topological polar surface area (TPSA) is 26.8 Å². The summed E-state index contributed by atoms with van der Waals surface area (Å²) in [5, 5.41) is 4.18. The Balaban J connectivity index is 1.59. The van der Waals surface area contributed by atoms with E-state index in [0.717, 1.165) is 19.6 Å². The molecule has 0 N–H and O–H groups in total. The van der Waals surface area contributed by atoms with E-state index in [9.17, 15) is 4.79 Å². The minimum atomic E-state index is 0.240. The Kier molecular flexibility index (Phi) is 3.85. The molecule has 0 aliphatic carbocycles. The van der Waals surface area contributed by atoms with Gasteiger partial charge in [0, 0.05) is 26.1 Å². The number of amides is 1. The van der Waals surface area contributed by atoms with Crippen LogP contribution < -0.4 is 0 Å². The quantitative estimate of drug-likeness (QED) is 0.872. The molecule has 2 aliphatic heterocycles. The maximum atomic E-state index is 12.2. The van der Waals surface area contributed by atoms with Crippen LogP contribution in [0, 0.1) is 0 Å². The number of hydrogen-bond acceptors (Lipinski definition) is 3. The van der Waals surface area contributed by atoms with Crippen LogP contribution in [-0.2, 0) is 11.3 Å². The Labute approximate surface area is 136 Å². The zero-order valence-corrected chi connectivity index (χ0v) is 13.1. The average Bonchev–Trinajstić information content (AvgIpc) is 2.97. The van der Waals surface area contributed by atoms with E-state index in [1.807, 2.05) is 17.1 Å². The molecule has 2 aromatic carbocycles. The summed E-state index contributed by atoms with van der Waals surface area (Å²) in [6.07, 6.45) is 0.627. The van der Waals surface area contributed by atoms with Crippen LogP contribution in [0.15, 0.2) is 60.7 Å². The van der Waals surface area contributed by atoms with Crippen molar-refractivity contribution < 1.29 is 4.79 Å². The van der Waals surface area contributed by atoms with Crippen LogP contribution in [0.1, 0.15) is 23.6 Å². The van der Waals surface area contributed by atoms with Gasteiger partial charge in [0.25, 0.3) is 0 Å². The van der Waals surface area contributed by atoms with Crippen molar-refractivity contribution in [3.8, 4) is 0 Å². The van der Waals surface area contributed by atoms with Gasteiger partial charge in [0.2, 0.25) is 5.91 Å². The number of carbonyl (C=O) groups excluding carboxylic acids is 1. The van der Waals surface area contributed by atoms with Crippen molar-refractivity contribution in [3.63, 3.8) is 0 Å². The zero-order chi connectivity index (χ0) is 15.6. The molecule has 0 aromatic heterocycles. The van der Waals surface area contributed by atoms with Gasteiger partial charge in [0.05, 0.1) is 12.7 Å². The molecular weight excluding hydrogens is 286 g/mol. The smallest absolute Gasteiger partial charge is 0.239 e. The van der Waals surface area contributed by atoms with Gasteiger partial charge in [-0.1, -0.05) is 60.7 Å². The van der Waals surface area contributed by atoms with Crippen LogP contribution in [0.5, 0.6) is 0 Å². The number of nitrogens with zero attached hydrogens (tertiary/aromatic N) is 3. The molecule has 2 fully saturated rings. The molecule has 0 unspecified atom stereocenters. The molecule has 118 valence electrons. The maximum Gasteiger partial charge on any atom is 0.239 e. The summed E-state index contributed by atoms with van der Waals surface area (Å²) in [4.78, 5) is 14.6. The fourth-order valence-electron chi connectivity index (χ4n) is 3.58. The summed E-state index contributed by atoms with van der Waals surface area (Å²) in [6.45, 7) is 3.35. The maximum absolute atomic E-state index is 12.2. The van der Waals surface area contributed by atoms with Gasteiger partial charge in [-0.15, -0.1) is 0 Å². The average molecular weight is 307 g/mol. The van der Waals surface area contributed by atoms with Crippen molar-refractivity contribution in [3.05, 3.63) is 71.8 Å². The number of rotatable bonds is 3. The Bertz CT molecular complexity index is 674. The van der Waals surface area contributed by atoms with Gasteiger partial charge in [-0.2, -0.15) is 0 Å². The molecule has 2 aliphatic rings. The molecule has 0 bridgehead atoms. The largest absolute Gasteiger partial charge is 0.278 e. The van der Waals surface area contributed by atoms with Gasteiger partial charge in [0.15, 0.2) is 0 Å². The standard InChI is InChI=1S/C19H21N3O/c23-19-11-12-21-18(17-9-5-2-6-10-17)14-20(15-22(19)21)13-16-7-3-1-4-8-16/h1-10,18H,11-15H2/t18-/m0/s1. The predicted octanol–water partition coefficient (Wildman–Crippen LogP) is 2.65. The van der Waals surface area contributed by atoms with Crippen LogP contribution in [0.25, 0.3) is 0 Å². The van der Waals surface area contributed by atoms with E-state index < -0.39 is 0 Å². The third-order valence-electron chi connectivity index (χ3n) is 4.71. The van der Waals surface area contributed by atoms with Crippen molar-refractivity contribution in [1.29, 1.82) is 0 Å². The molecule has 4 nitrogen and oxygen atoms in total. The van der Waals surface area contributed by atoms with E-state index in [-0.39, 0.29) is 11.9 Å². The minimum absolute atomic E-state index is 0.240. The fourth-order valence-corrected chi connectivity index (χ4v) is 3.58. The van der Waals surface area contributed by atoms with Crippen molar-refractivity contribution in [2.75, 3.05) is 19.8 Å². The Morgan fingerprint density at radius 3 is 2.39 bits per heavy atom. The summed E-state index contributed by atoms with van der Waals surface area (Å²) in [6, 6.07) is 21.3. The normalized spacial score (nSPS) is 22.3. The first-order valence-corrected chi connectivity index (χ1v) is 8.19. The van der Waals surface area contributed by atoms with Gasteiger partial charge in [-0.3, -0.25) is 14.7 Å². The number of benzene rings is 2. The first-order valence-electron chi connectivity index (χ1n) is 8.19. The lowest BCUT2D eigenvalue weighted by molar-refractivity contribution is -0.158. The molecule has 2 aromatic rings. The molecule has 0 saturated carbocycles. The Morgan fingerprint density at radius 2 is 1.65 bits per heavy atom. The number of fused-ring (bicyclic) bond motifs is 1. The zero-order valence-electron chi connectivity index (χ0n) is 13.1. The lowest BCUT2D eigenvalue weighted by Gasteiger charge is -2.45. The van der Waals surface area contributed by atoms with Gasteiger partial charge in [0.1, 0.15) is 0 Å². The summed E-state index contributed by atoms with van der Waals surface area (Å²) in [5.74, 6) is 0.240. The first kappa shape index (κ1) is 14.4. The molecule has 2 heterocycles. The highest BCUT2D eigenvalue weighted by Gasteiger charge is 2.40. The van der Waals surface area contributed by atoms with Crippen LogP contribution in [0.2, 0.25) is 0 Å². The van der Waals surface area contributed by atoms with Gasteiger partial charge < -0.3 is 0 Å². The van der Waals surface area contributed by atoms with Crippen LogP contribution in [0.3, 0.4) is 0 Å². The molecular formula is C19H21N3O. The molecule has 0 radical (unpaired) electrons. The second kappa shape index (κ2) is 6.14. The summed E-state index contributed by atoms with van der Waals surface area (Å²) >= 11 is 0. The van der Waals surface area contributed by atoms with Crippen molar-refractivity contribution in [2.45, 2.75) is 19.0 Å². The Morgan fingerprint density at radius 1 is 0.957 bits per heavy atom. The van der Waals surface area contributed by atoms with Crippen LogP contribution in [-0.4, -0.2) is 40.6 Å². The van der Waals surface area contributed by atoms with E-state index in [1.165, 1.54) is 11.1 Å². The highest BCUT2D eigenvalue weighted by atomic mass is 16.2. The summed E-state index contributed by atoms with van der Waals surface area (Å²) < 4.78 is 0. The van der Waals surface area contributed by atoms with Gasteiger partial charge in [-0.25, -0.2) is 5.01 Å². The number of hydrogen-bond donors (Lipinski definition) is 0. The van der Waals surface area contributed by atoms with E-state index >= 15 is 0 Å². The monoisotopic (exact) mass is 307 g/mol. The minimum Gasteiger partial charge on any atom is -0.278 e. The lowest BCUT2D eigenvalue weighted by atomic mass is 10.0. The molecule has 1 atom stereocenters. The van der Waals surface area contributed by atoms with E-state index in [4.69, 9.17) is 0 Å². The third-order valence-corrected chi connectivity index (χ3v) is 4.71. The summed E-state index contributed by atoms with van der Waals surface area (Å²) in [5.41, 5.74) is 2.57. The highest BCUT2D eigenvalue weighted by Crippen LogP contribution is 2.32. The van der Waals surface area contributed by atoms with Crippen molar-refractivity contribution in [1.82, 2.24) is 14.9 Å². The second-order valence-electron chi connectivity index (χ2n) is 6.27. The van der Waals surface area contributed by atoms with Crippen molar-refractivity contribution in [2.24, 2.45) is 0 Å². The molecule has 23 heavy (non-hydrogen) atoms. The molecule has 0 spiro atoms. The first-order chi connectivity index (χ1) is 11.3. The molecule has 1 amide bonds.